The number of carbonyl (C=O) groups is 1. The molecule has 172 valence electrons. The lowest BCUT2D eigenvalue weighted by molar-refractivity contribution is -0.209. The summed E-state index contributed by atoms with van der Waals surface area (Å²) in [5.74, 6) is 2.84. The Morgan fingerprint density at radius 2 is 1.61 bits per heavy atom. The average Bonchev–Trinajstić information content (AvgIpc) is 2.66. The lowest BCUT2D eigenvalue weighted by Crippen LogP contribution is -2.55. The number of ether oxygens (including phenoxy) is 1. The molecule has 1 aromatic carbocycles. The van der Waals surface area contributed by atoms with Crippen LogP contribution in [0.4, 0.5) is 0 Å². The largest absolute Gasteiger partial charge is 0.453 e. The van der Waals surface area contributed by atoms with E-state index in [1.807, 2.05) is 0 Å². The minimum absolute atomic E-state index is 0.0127. The highest BCUT2D eigenvalue weighted by molar-refractivity contribution is 5.78. The summed E-state index contributed by atoms with van der Waals surface area (Å²) >= 11 is 0. The van der Waals surface area contributed by atoms with Crippen LogP contribution in [0.1, 0.15) is 99.0 Å². The molecule has 0 saturated heterocycles. The molecule has 0 amide bonds. The predicted octanol–water partition coefficient (Wildman–Crippen LogP) is 7.76. The van der Waals surface area contributed by atoms with E-state index in [0.717, 1.165) is 24.7 Å². The number of hydrogen-bond acceptors (Lipinski definition) is 2. The summed E-state index contributed by atoms with van der Waals surface area (Å²) in [7, 11) is 0. The lowest BCUT2D eigenvalue weighted by Gasteiger charge is -2.57. The van der Waals surface area contributed by atoms with E-state index in [2.05, 4.69) is 78.8 Å². The monoisotopic (exact) mass is 424 g/mol. The molecule has 0 heterocycles. The van der Waals surface area contributed by atoms with Crippen molar-refractivity contribution in [1.29, 1.82) is 0 Å². The van der Waals surface area contributed by atoms with Crippen LogP contribution in [-0.4, -0.2) is 5.97 Å². The molecule has 6 unspecified atom stereocenters. The zero-order chi connectivity index (χ0) is 22.7. The van der Waals surface area contributed by atoms with Crippen LogP contribution in [0.3, 0.4) is 0 Å². The van der Waals surface area contributed by atoms with Crippen molar-refractivity contribution in [2.24, 2.45) is 39.9 Å². The molecule has 4 rings (SSSR count). The Morgan fingerprint density at radius 1 is 0.935 bits per heavy atom. The van der Waals surface area contributed by atoms with Crippen LogP contribution in [0, 0.1) is 39.9 Å². The first-order chi connectivity index (χ1) is 14.3. The third-order valence-electron chi connectivity index (χ3n) is 9.21. The molecule has 3 aliphatic rings. The fourth-order valence-corrected chi connectivity index (χ4v) is 7.24. The molecule has 0 aromatic heterocycles. The van der Waals surface area contributed by atoms with Crippen molar-refractivity contribution in [1.82, 2.24) is 0 Å². The van der Waals surface area contributed by atoms with Crippen LogP contribution >= 0.6 is 0 Å². The minimum Gasteiger partial charge on any atom is -0.453 e. The van der Waals surface area contributed by atoms with E-state index in [1.165, 1.54) is 37.7 Å². The Labute approximate surface area is 190 Å². The first-order valence-electron chi connectivity index (χ1n) is 12.6. The van der Waals surface area contributed by atoms with Gasteiger partial charge in [-0.2, -0.15) is 0 Å². The highest BCUT2D eigenvalue weighted by Crippen LogP contribution is 2.61. The summed E-state index contributed by atoms with van der Waals surface area (Å²) in [4.78, 5) is 14.2. The summed E-state index contributed by atoms with van der Waals surface area (Å²) < 4.78 is 6.90. The standard InChI is InChI=1S/C29H44O2/c1-26(2,3)19-28(7,27(4,5)6)25(30)31-29(23-11-9-8-10-12-23)18-21-14-13-20-15-22(21)17-24(29)16-20/h8-12,20-22,24H,13-19H2,1-7H3. The van der Waals surface area contributed by atoms with Crippen molar-refractivity contribution >= 4 is 5.97 Å². The summed E-state index contributed by atoms with van der Waals surface area (Å²) in [6, 6.07) is 10.8. The molecule has 2 nitrogen and oxygen atoms in total. The summed E-state index contributed by atoms with van der Waals surface area (Å²) in [5.41, 5.74) is 0.132. The van der Waals surface area contributed by atoms with Crippen LogP contribution in [0.5, 0.6) is 0 Å². The SMILES string of the molecule is CC(C)(C)CC(C)(C(=O)OC1(c2ccccc2)CC2CCC3CC2CC1C3)C(C)(C)C. The molecule has 3 aliphatic carbocycles. The van der Waals surface area contributed by atoms with Gasteiger partial charge in [0.1, 0.15) is 5.60 Å². The molecule has 6 atom stereocenters. The van der Waals surface area contributed by atoms with Crippen molar-refractivity contribution < 1.29 is 9.53 Å². The lowest BCUT2D eigenvalue weighted by atomic mass is 9.51. The van der Waals surface area contributed by atoms with Crippen LogP contribution in [0.15, 0.2) is 30.3 Å². The summed E-state index contributed by atoms with van der Waals surface area (Å²) in [5, 5.41) is 0. The predicted molar refractivity (Wildman–Crippen MR) is 128 cm³/mol. The second-order valence-corrected chi connectivity index (χ2v) is 13.5. The van der Waals surface area contributed by atoms with Gasteiger partial charge in [0.25, 0.3) is 0 Å². The summed E-state index contributed by atoms with van der Waals surface area (Å²) in [6.07, 6.45) is 8.38. The molecule has 3 saturated carbocycles. The number of benzene rings is 1. The quantitative estimate of drug-likeness (QED) is 0.462. The fourth-order valence-electron chi connectivity index (χ4n) is 7.24. The third kappa shape index (κ3) is 4.09. The average molecular weight is 425 g/mol. The maximum atomic E-state index is 14.2. The Bertz CT molecular complexity index is 796. The Balaban J connectivity index is 1.75. The number of fused-ring (bicyclic) bond motifs is 2. The molecule has 3 fully saturated rings. The molecule has 0 spiro atoms. The van der Waals surface area contributed by atoms with E-state index in [9.17, 15) is 4.79 Å². The number of hydrogen-bond donors (Lipinski definition) is 0. The molecule has 0 N–H and O–H groups in total. The Morgan fingerprint density at radius 3 is 2.23 bits per heavy atom. The van der Waals surface area contributed by atoms with Gasteiger partial charge >= 0.3 is 5.97 Å². The molecule has 0 radical (unpaired) electrons. The van der Waals surface area contributed by atoms with Gasteiger partial charge in [0.05, 0.1) is 5.41 Å². The highest BCUT2D eigenvalue weighted by Gasteiger charge is 2.58. The van der Waals surface area contributed by atoms with Gasteiger partial charge in [-0.1, -0.05) is 78.3 Å². The third-order valence-corrected chi connectivity index (χ3v) is 9.21. The van der Waals surface area contributed by atoms with Crippen LogP contribution in [-0.2, 0) is 15.1 Å². The maximum Gasteiger partial charge on any atom is 0.313 e. The second kappa shape index (κ2) is 7.63. The van der Waals surface area contributed by atoms with E-state index in [1.54, 1.807) is 0 Å². The molecular formula is C29H44O2. The van der Waals surface area contributed by atoms with Gasteiger partial charge in [-0.15, -0.1) is 0 Å². The van der Waals surface area contributed by atoms with Gasteiger partial charge in [-0.3, -0.25) is 4.79 Å². The zero-order valence-electron chi connectivity index (χ0n) is 21.0. The number of rotatable bonds is 4. The normalized spacial score (nSPS) is 34.8. The second-order valence-electron chi connectivity index (χ2n) is 13.5. The van der Waals surface area contributed by atoms with Crippen molar-refractivity contribution in [3.63, 3.8) is 0 Å². The van der Waals surface area contributed by atoms with Crippen LogP contribution in [0.25, 0.3) is 0 Å². The molecule has 3 bridgehead atoms. The fraction of sp³-hybridized carbons (Fsp3) is 0.759. The van der Waals surface area contributed by atoms with Gasteiger partial charge in [0.2, 0.25) is 0 Å². The van der Waals surface area contributed by atoms with Crippen molar-refractivity contribution in [3.05, 3.63) is 35.9 Å². The van der Waals surface area contributed by atoms with E-state index in [0.29, 0.717) is 11.8 Å². The highest BCUT2D eigenvalue weighted by atomic mass is 16.6. The van der Waals surface area contributed by atoms with Gasteiger partial charge < -0.3 is 4.74 Å². The molecule has 2 heteroatoms. The Kier molecular flexibility index (Phi) is 5.63. The van der Waals surface area contributed by atoms with Crippen molar-refractivity contribution in [2.75, 3.05) is 0 Å². The van der Waals surface area contributed by atoms with Gasteiger partial charge in [0, 0.05) is 5.92 Å². The maximum absolute atomic E-state index is 14.2. The summed E-state index contributed by atoms with van der Waals surface area (Å²) in [6.45, 7) is 15.5. The molecule has 0 aliphatic heterocycles. The topological polar surface area (TPSA) is 26.3 Å². The molecular weight excluding hydrogens is 380 g/mol. The van der Waals surface area contributed by atoms with Crippen LogP contribution in [0.2, 0.25) is 0 Å². The Hall–Kier alpha value is -1.31. The van der Waals surface area contributed by atoms with Gasteiger partial charge in [-0.25, -0.2) is 0 Å². The van der Waals surface area contributed by atoms with Gasteiger partial charge in [0.15, 0.2) is 0 Å². The van der Waals surface area contributed by atoms with E-state index < -0.39 is 11.0 Å². The number of esters is 1. The first-order valence-corrected chi connectivity index (χ1v) is 12.6. The molecule has 31 heavy (non-hydrogen) atoms. The molecule has 1 aromatic rings. The van der Waals surface area contributed by atoms with Crippen LogP contribution < -0.4 is 0 Å². The smallest absolute Gasteiger partial charge is 0.313 e. The minimum atomic E-state index is -0.530. The van der Waals surface area contributed by atoms with Crippen molar-refractivity contribution in [3.8, 4) is 0 Å². The van der Waals surface area contributed by atoms with E-state index in [-0.39, 0.29) is 16.8 Å². The van der Waals surface area contributed by atoms with E-state index >= 15 is 0 Å². The first kappa shape index (κ1) is 22.9. The van der Waals surface area contributed by atoms with Crippen molar-refractivity contribution in [2.45, 2.75) is 99.0 Å². The van der Waals surface area contributed by atoms with Gasteiger partial charge in [-0.05, 0) is 79.6 Å². The number of carbonyl (C=O) groups excluding carboxylic acids is 1. The van der Waals surface area contributed by atoms with E-state index in [4.69, 9.17) is 4.74 Å². The zero-order valence-corrected chi connectivity index (χ0v) is 21.0.